The second kappa shape index (κ2) is 8.58. The second-order valence-corrected chi connectivity index (χ2v) is 6.42. The Morgan fingerprint density at radius 3 is 1.70 bits per heavy atom. The largest absolute Gasteiger partial charge is 0.493 e. The van der Waals surface area contributed by atoms with Gasteiger partial charge in [-0.25, -0.2) is 0 Å². The van der Waals surface area contributed by atoms with Crippen molar-refractivity contribution in [2.24, 2.45) is 9.98 Å². The average molecular weight is 364 g/mol. The number of rotatable bonds is 8. The zero-order chi connectivity index (χ0) is 18.3. The number of nitrogens with one attached hydrogen (secondary N) is 2. The van der Waals surface area contributed by atoms with Crippen molar-refractivity contribution in [3.63, 3.8) is 0 Å². The van der Waals surface area contributed by atoms with E-state index >= 15 is 0 Å². The van der Waals surface area contributed by atoms with Gasteiger partial charge in [0.25, 0.3) is 0 Å². The normalized spacial score (nSPS) is 15.6. The van der Waals surface area contributed by atoms with Gasteiger partial charge in [-0.1, -0.05) is 24.3 Å². The third kappa shape index (κ3) is 4.58. The lowest BCUT2D eigenvalue weighted by Crippen LogP contribution is -2.19. The molecule has 0 aliphatic carbocycles. The fourth-order valence-electron chi connectivity index (χ4n) is 3.09. The third-order valence-corrected chi connectivity index (χ3v) is 4.39. The van der Waals surface area contributed by atoms with Gasteiger partial charge in [0.2, 0.25) is 0 Å². The highest BCUT2D eigenvalue weighted by atomic mass is 16.5. The summed E-state index contributed by atoms with van der Waals surface area (Å²) in [5, 5.41) is 6.56. The predicted molar refractivity (Wildman–Crippen MR) is 107 cm³/mol. The molecule has 0 spiro atoms. The number of benzene rings is 2. The van der Waals surface area contributed by atoms with E-state index in [1.54, 1.807) is 0 Å². The first-order valence-electron chi connectivity index (χ1n) is 9.42. The Hall–Kier alpha value is -3.02. The molecule has 0 fully saturated rings. The van der Waals surface area contributed by atoms with E-state index in [1.807, 2.05) is 48.5 Å². The van der Waals surface area contributed by atoms with Crippen LogP contribution in [0.15, 0.2) is 58.5 Å². The predicted octanol–water partition coefficient (Wildman–Crippen LogP) is 2.23. The zero-order valence-corrected chi connectivity index (χ0v) is 15.3. The van der Waals surface area contributed by atoms with Gasteiger partial charge in [-0.05, 0) is 24.3 Å². The second-order valence-electron chi connectivity index (χ2n) is 6.42. The van der Waals surface area contributed by atoms with E-state index in [0.717, 1.165) is 66.9 Å². The summed E-state index contributed by atoms with van der Waals surface area (Å²) in [5.74, 6) is 3.61. The molecule has 0 bridgehead atoms. The summed E-state index contributed by atoms with van der Waals surface area (Å²) in [6.07, 6.45) is 0.812. The summed E-state index contributed by atoms with van der Waals surface area (Å²) < 4.78 is 11.7. The SMILES string of the molecule is c1cc(OCCCOc2cccc(C3=NCCN3)c2)cc(C2=NCCN2)c1. The Morgan fingerprint density at radius 2 is 1.26 bits per heavy atom. The molecule has 0 radical (unpaired) electrons. The number of ether oxygens (including phenoxy) is 2. The van der Waals surface area contributed by atoms with Gasteiger partial charge in [-0.2, -0.15) is 0 Å². The quantitative estimate of drug-likeness (QED) is 0.705. The third-order valence-electron chi connectivity index (χ3n) is 4.39. The fourth-order valence-corrected chi connectivity index (χ4v) is 3.09. The van der Waals surface area contributed by atoms with Crippen molar-refractivity contribution in [2.75, 3.05) is 39.4 Å². The highest BCUT2D eigenvalue weighted by Crippen LogP contribution is 2.16. The van der Waals surface area contributed by atoms with Crippen LogP contribution in [0.5, 0.6) is 11.5 Å². The van der Waals surface area contributed by atoms with Gasteiger partial charge in [0.15, 0.2) is 0 Å². The van der Waals surface area contributed by atoms with Crippen molar-refractivity contribution in [2.45, 2.75) is 6.42 Å². The first-order chi connectivity index (χ1) is 13.4. The maximum absolute atomic E-state index is 5.86. The molecule has 0 saturated heterocycles. The van der Waals surface area contributed by atoms with Crippen LogP contribution in [-0.4, -0.2) is 51.1 Å². The summed E-state index contributed by atoms with van der Waals surface area (Å²) in [6, 6.07) is 16.1. The van der Waals surface area contributed by atoms with E-state index < -0.39 is 0 Å². The molecule has 2 aliphatic heterocycles. The van der Waals surface area contributed by atoms with Gasteiger partial charge in [-0.3, -0.25) is 9.98 Å². The first kappa shape index (κ1) is 17.4. The van der Waals surface area contributed by atoms with Crippen LogP contribution in [0.2, 0.25) is 0 Å². The standard InChI is InChI=1S/C21H24N4O2/c1-4-16(20-22-8-9-23-20)14-18(6-1)26-12-3-13-27-19-7-2-5-17(15-19)21-24-10-11-25-21/h1-2,4-7,14-15H,3,8-13H2,(H,22,23)(H,24,25). The topological polar surface area (TPSA) is 67.2 Å². The van der Waals surface area contributed by atoms with E-state index in [4.69, 9.17) is 9.47 Å². The molecule has 6 nitrogen and oxygen atoms in total. The minimum absolute atomic E-state index is 0.608. The Balaban J connectivity index is 1.23. The highest BCUT2D eigenvalue weighted by molar-refractivity contribution is 6.00. The average Bonchev–Trinajstić information content (AvgIpc) is 3.42. The molecule has 140 valence electrons. The summed E-state index contributed by atoms with van der Waals surface area (Å²) in [6.45, 7) is 4.70. The summed E-state index contributed by atoms with van der Waals surface area (Å²) in [4.78, 5) is 8.89. The minimum atomic E-state index is 0.608. The summed E-state index contributed by atoms with van der Waals surface area (Å²) >= 11 is 0. The molecule has 27 heavy (non-hydrogen) atoms. The van der Waals surface area contributed by atoms with Crippen LogP contribution in [0.3, 0.4) is 0 Å². The lowest BCUT2D eigenvalue weighted by molar-refractivity contribution is 0.247. The van der Waals surface area contributed by atoms with Gasteiger partial charge < -0.3 is 20.1 Å². The molecular formula is C21H24N4O2. The Morgan fingerprint density at radius 1 is 0.741 bits per heavy atom. The highest BCUT2D eigenvalue weighted by Gasteiger charge is 2.09. The van der Waals surface area contributed by atoms with Crippen LogP contribution in [-0.2, 0) is 0 Å². The number of hydrogen-bond acceptors (Lipinski definition) is 6. The van der Waals surface area contributed by atoms with Crippen LogP contribution in [0.25, 0.3) is 0 Å². The Kier molecular flexibility index (Phi) is 5.53. The lowest BCUT2D eigenvalue weighted by Gasteiger charge is -2.10. The number of nitrogens with zero attached hydrogens (tertiary/aromatic N) is 2. The molecule has 0 unspecified atom stereocenters. The minimum Gasteiger partial charge on any atom is -0.493 e. The molecule has 4 rings (SSSR count). The van der Waals surface area contributed by atoms with Crippen molar-refractivity contribution in [1.82, 2.24) is 10.6 Å². The maximum Gasteiger partial charge on any atom is 0.128 e. The van der Waals surface area contributed by atoms with Crippen molar-refractivity contribution in [3.05, 3.63) is 59.7 Å². The van der Waals surface area contributed by atoms with Crippen molar-refractivity contribution < 1.29 is 9.47 Å². The molecule has 0 aromatic heterocycles. The van der Waals surface area contributed by atoms with Gasteiger partial charge in [0.1, 0.15) is 23.2 Å². The lowest BCUT2D eigenvalue weighted by atomic mass is 10.2. The van der Waals surface area contributed by atoms with E-state index in [-0.39, 0.29) is 0 Å². The summed E-state index contributed by atoms with van der Waals surface area (Å²) in [5.41, 5.74) is 2.14. The smallest absolute Gasteiger partial charge is 0.128 e. The van der Waals surface area contributed by atoms with E-state index in [1.165, 1.54) is 0 Å². The van der Waals surface area contributed by atoms with Crippen LogP contribution < -0.4 is 20.1 Å². The van der Waals surface area contributed by atoms with E-state index in [0.29, 0.717) is 13.2 Å². The molecule has 0 saturated carbocycles. The van der Waals surface area contributed by atoms with Crippen LogP contribution in [0.4, 0.5) is 0 Å². The molecule has 2 N–H and O–H groups in total. The van der Waals surface area contributed by atoms with E-state index in [2.05, 4.69) is 20.6 Å². The molecular weight excluding hydrogens is 340 g/mol. The van der Waals surface area contributed by atoms with Gasteiger partial charge >= 0.3 is 0 Å². The van der Waals surface area contributed by atoms with Crippen LogP contribution in [0, 0.1) is 0 Å². The molecule has 2 aromatic carbocycles. The number of hydrogen-bond donors (Lipinski definition) is 2. The maximum atomic E-state index is 5.86. The van der Waals surface area contributed by atoms with Crippen molar-refractivity contribution in [1.29, 1.82) is 0 Å². The summed E-state index contributed by atoms with van der Waals surface area (Å²) in [7, 11) is 0. The van der Waals surface area contributed by atoms with E-state index in [9.17, 15) is 0 Å². The Bertz CT molecular complexity index is 778. The number of aliphatic imine (C=N–C) groups is 2. The van der Waals surface area contributed by atoms with Crippen LogP contribution in [0.1, 0.15) is 17.5 Å². The molecule has 2 aromatic rings. The van der Waals surface area contributed by atoms with Crippen LogP contribution >= 0.6 is 0 Å². The van der Waals surface area contributed by atoms with Gasteiger partial charge in [0, 0.05) is 30.6 Å². The number of amidine groups is 2. The molecule has 0 atom stereocenters. The zero-order valence-electron chi connectivity index (χ0n) is 15.3. The van der Waals surface area contributed by atoms with Crippen molar-refractivity contribution in [3.8, 4) is 11.5 Å². The molecule has 0 amide bonds. The monoisotopic (exact) mass is 364 g/mol. The molecule has 2 heterocycles. The van der Waals surface area contributed by atoms with Gasteiger partial charge in [-0.15, -0.1) is 0 Å². The van der Waals surface area contributed by atoms with Crippen molar-refractivity contribution >= 4 is 11.7 Å². The fraction of sp³-hybridized carbons (Fsp3) is 0.333. The van der Waals surface area contributed by atoms with Gasteiger partial charge in [0.05, 0.1) is 26.3 Å². The Labute approximate surface area is 159 Å². The molecule has 2 aliphatic rings. The molecule has 6 heteroatoms. The first-order valence-corrected chi connectivity index (χ1v) is 9.42.